The fraction of sp³-hybridized carbons (Fsp3) is 0.316. The molecule has 0 radical (unpaired) electrons. The van der Waals surface area contributed by atoms with Crippen LogP contribution in [0.4, 0.5) is 5.95 Å². The lowest BCUT2D eigenvalue weighted by Crippen LogP contribution is -2.29. The fourth-order valence-corrected chi connectivity index (χ4v) is 3.86. The number of hydrogen-bond acceptors (Lipinski definition) is 5. The van der Waals surface area contributed by atoms with Gasteiger partial charge in [-0.25, -0.2) is 0 Å². The number of pyridine rings is 1. The van der Waals surface area contributed by atoms with Gasteiger partial charge in [0.1, 0.15) is 0 Å². The summed E-state index contributed by atoms with van der Waals surface area (Å²) < 4.78 is 7.05. The predicted molar refractivity (Wildman–Crippen MR) is 109 cm³/mol. The van der Waals surface area contributed by atoms with Crippen molar-refractivity contribution in [2.45, 2.75) is 19.4 Å². The van der Waals surface area contributed by atoms with Crippen molar-refractivity contribution in [3.63, 3.8) is 0 Å². The zero-order valence-electron chi connectivity index (χ0n) is 15.0. The highest BCUT2D eigenvalue weighted by Crippen LogP contribution is 2.33. The van der Waals surface area contributed by atoms with E-state index in [0.717, 1.165) is 16.7 Å². The molecule has 4 rings (SSSR count). The van der Waals surface area contributed by atoms with Gasteiger partial charge in [-0.15, -0.1) is 10.2 Å². The van der Waals surface area contributed by atoms with Crippen molar-refractivity contribution >= 4 is 40.7 Å². The van der Waals surface area contributed by atoms with E-state index in [2.05, 4.69) is 15.5 Å². The van der Waals surface area contributed by atoms with Gasteiger partial charge in [0, 0.05) is 53.0 Å². The standard InChI is InChI=1S/C19H19Cl2N5O2/c20-13-1-2-14(16(21)8-13)15-10-26-17(7-12(15)9-22)24-25-19(26)23-18(27)11-3-5-28-6-4-11/h1-2,7-8,10-11H,3-6,9,22H2,(H,23,25,27). The van der Waals surface area contributed by atoms with Gasteiger partial charge in [0.25, 0.3) is 0 Å². The lowest BCUT2D eigenvalue weighted by atomic mass is 10.00. The molecule has 0 aliphatic carbocycles. The highest BCUT2D eigenvalue weighted by atomic mass is 35.5. The first kappa shape index (κ1) is 19.1. The molecule has 1 amide bonds. The van der Waals surface area contributed by atoms with Gasteiger partial charge < -0.3 is 10.5 Å². The Kier molecular flexibility index (Phi) is 5.50. The number of anilines is 1. The summed E-state index contributed by atoms with van der Waals surface area (Å²) in [4.78, 5) is 12.6. The second-order valence-corrected chi connectivity index (χ2v) is 7.51. The van der Waals surface area contributed by atoms with Crippen LogP contribution < -0.4 is 11.1 Å². The molecule has 0 saturated carbocycles. The molecule has 9 heteroatoms. The molecule has 1 aliphatic heterocycles. The number of ether oxygens (including phenoxy) is 1. The molecule has 2 aromatic heterocycles. The minimum Gasteiger partial charge on any atom is -0.381 e. The van der Waals surface area contributed by atoms with Crippen LogP contribution in [-0.4, -0.2) is 33.7 Å². The number of benzene rings is 1. The Morgan fingerprint density at radius 1 is 1.21 bits per heavy atom. The number of amides is 1. The lowest BCUT2D eigenvalue weighted by molar-refractivity contribution is -0.122. The number of rotatable bonds is 4. The van der Waals surface area contributed by atoms with Crippen LogP contribution in [0.25, 0.3) is 16.8 Å². The fourth-order valence-electron chi connectivity index (χ4n) is 3.35. The van der Waals surface area contributed by atoms with E-state index >= 15 is 0 Å². The van der Waals surface area contributed by atoms with E-state index in [1.165, 1.54) is 0 Å². The van der Waals surface area contributed by atoms with Gasteiger partial charge in [0.05, 0.1) is 0 Å². The molecule has 3 heterocycles. The number of nitrogens with two attached hydrogens (primary N) is 1. The third kappa shape index (κ3) is 3.71. The molecular weight excluding hydrogens is 401 g/mol. The van der Waals surface area contributed by atoms with Crippen molar-refractivity contribution in [3.8, 4) is 11.1 Å². The van der Waals surface area contributed by atoms with E-state index in [1.807, 2.05) is 18.3 Å². The van der Waals surface area contributed by atoms with Crippen LogP contribution >= 0.6 is 23.2 Å². The van der Waals surface area contributed by atoms with Crippen molar-refractivity contribution in [3.05, 3.63) is 46.1 Å². The van der Waals surface area contributed by atoms with Crippen molar-refractivity contribution in [1.29, 1.82) is 0 Å². The number of carbonyl (C=O) groups excluding carboxylic acids is 1. The molecule has 7 nitrogen and oxygen atoms in total. The Labute approximate surface area is 171 Å². The number of aromatic nitrogens is 3. The van der Waals surface area contributed by atoms with Crippen molar-refractivity contribution in [2.24, 2.45) is 11.7 Å². The number of fused-ring (bicyclic) bond motifs is 1. The molecule has 3 aromatic rings. The highest BCUT2D eigenvalue weighted by molar-refractivity contribution is 6.36. The zero-order valence-corrected chi connectivity index (χ0v) is 16.5. The van der Waals surface area contributed by atoms with E-state index in [9.17, 15) is 4.79 Å². The van der Waals surface area contributed by atoms with Crippen LogP contribution in [0.3, 0.4) is 0 Å². The van der Waals surface area contributed by atoms with Crippen LogP contribution in [0.2, 0.25) is 10.0 Å². The first-order chi connectivity index (χ1) is 13.6. The van der Waals surface area contributed by atoms with E-state index in [-0.39, 0.29) is 11.8 Å². The first-order valence-corrected chi connectivity index (χ1v) is 9.74. The minimum absolute atomic E-state index is 0.0772. The first-order valence-electron chi connectivity index (χ1n) is 8.98. The van der Waals surface area contributed by atoms with E-state index < -0.39 is 0 Å². The second kappa shape index (κ2) is 8.05. The minimum atomic E-state index is -0.0883. The maximum absolute atomic E-state index is 12.6. The van der Waals surface area contributed by atoms with Crippen LogP contribution in [0.15, 0.2) is 30.5 Å². The average Bonchev–Trinajstić information content (AvgIpc) is 3.09. The number of nitrogens with zero attached hydrogens (tertiary/aromatic N) is 3. The summed E-state index contributed by atoms with van der Waals surface area (Å²) in [5.41, 5.74) is 9.02. The van der Waals surface area contributed by atoms with Crippen LogP contribution in [0.1, 0.15) is 18.4 Å². The van der Waals surface area contributed by atoms with Gasteiger partial charge in [0.15, 0.2) is 5.65 Å². The largest absolute Gasteiger partial charge is 0.381 e. The predicted octanol–water partition coefficient (Wildman–Crippen LogP) is 3.53. The van der Waals surface area contributed by atoms with Gasteiger partial charge in [-0.05, 0) is 36.6 Å². The molecule has 1 fully saturated rings. The summed E-state index contributed by atoms with van der Waals surface area (Å²) in [6, 6.07) is 7.14. The summed E-state index contributed by atoms with van der Waals surface area (Å²) in [7, 11) is 0. The third-order valence-electron chi connectivity index (χ3n) is 4.90. The molecule has 0 unspecified atom stereocenters. The maximum atomic E-state index is 12.6. The smallest absolute Gasteiger partial charge is 0.235 e. The Balaban J connectivity index is 1.73. The average molecular weight is 420 g/mol. The summed E-state index contributed by atoms with van der Waals surface area (Å²) in [6.07, 6.45) is 3.24. The molecule has 146 valence electrons. The summed E-state index contributed by atoms with van der Waals surface area (Å²) in [6.45, 7) is 1.50. The normalized spacial score (nSPS) is 15.1. The molecule has 1 aromatic carbocycles. The Bertz CT molecular complexity index is 1030. The number of nitrogens with one attached hydrogen (secondary N) is 1. The van der Waals surface area contributed by atoms with Crippen LogP contribution in [-0.2, 0) is 16.1 Å². The molecule has 1 saturated heterocycles. The second-order valence-electron chi connectivity index (χ2n) is 6.67. The van der Waals surface area contributed by atoms with Gasteiger partial charge >= 0.3 is 0 Å². The monoisotopic (exact) mass is 419 g/mol. The van der Waals surface area contributed by atoms with E-state index in [1.54, 1.807) is 16.5 Å². The maximum Gasteiger partial charge on any atom is 0.235 e. The van der Waals surface area contributed by atoms with Crippen molar-refractivity contribution < 1.29 is 9.53 Å². The topological polar surface area (TPSA) is 94.5 Å². The number of halogens is 2. The van der Waals surface area contributed by atoms with Gasteiger partial charge in [-0.1, -0.05) is 29.3 Å². The SMILES string of the molecule is NCc1cc2nnc(NC(=O)C3CCOCC3)n2cc1-c1ccc(Cl)cc1Cl. The van der Waals surface area contributed by atoms with E-state index in [0.29, 0.717) is 54.2 Å². The third-order valence-corrected chi connectivity index (χ3v) is 5.45. The van der Waals surface area contributed by atoms with Crippen LogP contribution in [0, 0.1) is 5.92 Å². The molecule has 1 aliphatic rings. The molecule has 0 spiro atoms. The molecule has 28 heavy (non-hydrogen) atoms. The number of carbonyl (C=O) groups is 1. The molecular formula is C19H19Cl2N5O2. The molecule has 0 bridgehead atoms. The van der Waals surface area contributed by atoms with Crippen LogP contribution in [0.5, 0.6) is 0 Å². The van der Waals surface area contributed by atoms with Crippen molar-refractivity contribution in [2.75, 3.05) is 18.5 Å². The lowest BCUT2D eigenvalue weighted by Gasteiger charge is -2.20. The Hall–Kier alpha value is -2.19. The quantitative estimate of drug-likeness (QED) is 0.674. The van der Waals surface area contributed by atoms with Gasteiger partial charge in [0.2, 0.25) is 11.9 Å². The Morgan fingerprint density at radius 2 is 2.00 bits per heavy atom. The summed E-state index contributed by atoms with van der Waals surface area (Å²) in [5, 5.41) is 12.2. The highest BCUT2D eigenvalue weighted by Gasteiger charge is 2.23. The summed E-state index contributed by atoms with van der Waals surface area (Å²) >= 11 is 12.4. The Morgan fingerprint density at radius 3 is 2.71 bits per heavy atom. The number of hydrogen-bond donors (Lipinski definition) is 2. The molecule has 0 atom stereocenters. The van der Waals surface area contributed by atoms with Crippen molar-refractivity contribution in [1.82, 2.24) is 14.6 Å². The zero-order chi connectivity index (χ0) is 19.7. The van der Waals surface area contributed by atoms with Gasteiger partial charge in [-0.3, -0.25) is 14.5 Å². The summed E-state index contributed by atoms with van der Waals surface area (Å²) in [5.74, 6) is 0.197. The van der Waals surface area contributed by atoms with Gasteiger partial charge in [-0.2, -0.15) is 0 Å². The van der Waals surface area contributed by atoms with E-state index in [4.69, 9.17) is 33.7 Å². The molecule has 3 N–H and O–H groups in total.